The molecule has 2 fully saturated rings. The van der Waals surface area contributed by atoms with Gasteiger partial charge in [0.1, 0.15) is 0 Å². The Morgan fingerprint density at radius 1 is 1.17 bits per heavy atom. The third-order valence-corrected chi connectivity index (χ3v) is 5.27. The van der Waals surface area contributed by atoms with E-state index in [9.17, 15) is 0 Å². The molecule has 0 unspecified atom stereocenters. The van der Waals surface area contributed by atoms with Crippen molar-refractivity contribution >= 4 is 5.96 Å². The average Bonchev–Trinajstić information content (AvgIpc) is 2.63. The fraction of sp³-hybridized carbons (Fsp3) is 0.842. The Kier molecular flexibility index (Phi) is 8.60. The molecule has 138 valence electrons. The van der Waals surface area contributed by atoms with Crippen LogP contribution >= 0.6 is 0 Å². The Morgan fingerprint density at radius 3 is 2.58 bits per heavy atom. The van der Waals surface area contributed by atoms with E-state index in [0.29, 0.717) is 5.41 Å². The van der Waals surface area contributed by atoms with Crippen molar-refractivity contribution in [1.82, 2.24) is 15.5 Å². The number of allylic oxidation sites excluding steroid dienone is 1. The molecule has 5 nitrogen and oxygen atoms in total. The molecule has 0 bridgehead atoms. The molecule has 1 aliphatic carbocycles. The number of morpholine rings is 1. The number of hydrogen-bond donors (Lipinski definition) is 2. The van der Waals surface area contributed by atoms with Crippen LogP contribution in [-0.2, 0) is 4.74 Å². The number of aliphatic imine (C=N–C) groups is 1. The summed E-state index contributed by atoms with van der Waals surface area (Å²) in [5.74, 6) is 0.937. The molecule has 0 spiro atoms. The Hall–Kier alpha value is -1.07. The van der Waals surface area contributed by atoms with Crippen LogP contribution in [-0.4, -0.2) is 63.8 Å². The molecule has 2 rings (SSSR count). The number of nitrogens with zero attached hydrogens (tertiary/aromatic N) is 2. The second kappa shape index (κ2) is 10.7. The molecule has 0 aromatic rings. The summed E-state index contributed by atoms with van der Waals surface area (Å²) in [7, 11) is 1.86. The number of ether oxygens (including phenoxy) is 1. The van der Waals surface area contributed by atoms with Crippen molar-refractivity contribution in [3.05, 3.63) is 12.2 Å². The topological polar surface area (TPSA) is 48.9 Å². The summed E-state index contributed by atoms with van der Waals surface area (Å²) < 4.78 is 5.51. The Bertz CT molecular complexity index is 396. The summed E-state index contributed by atoms with van der Waals surface area (Å²) >= 11 is 0. The van der Waals surface area contributed by atoms with Crippen LogP contribution in [0.3, 0.4) is 0 Å². The molecule has 0 radical (unpaired) electrons. The summed E-state index contributed by atoms with van der Waals surface area (Å²) in [6, 6.07) is 0. The van der Waals surface area contributed by atoms with Gasteiger partial charge in [-0.05, 0) is 26.2 Å². The van der Waals surface area contributed by atoms with Gasteiger partial charge in [0.15, 0.2) is 5.96 Å². The van der Waals surface area contributed by atoms with Crippen molar-refractivity contribution in [2.24, 2.45) is 10.4 Å². The summed E-state index contributed by atoms with van der Waals surface area (Å²) in [6.07, 6.45) is 12.1. The van der Waals surface area contributed by atoms with Crippen molar-refractivity contribution in [3.8, 4) is 0 Å². The quantitative estimate of drug-likeness (QED) is 0.324. The number of nitrogens with one attached hydrogen (secondary N) is 2. The van der Waals surface area contributed by atoms with Gasteiger partial charge in [-0.25, -0.2) is 0 Å². The Labute approximate surface area is 147 Å². The zero-order valence-electron chi connectivity index (χ0n) is 15.6. The van der Waals surface area contributed by atoms with Crippen molar-refractivity contribution in [2.75, 3.05) is 53.0 Å². The van der Waals surface area contributed by atoms with Crippen LogP contribution in [0.2, 0.25) is 0 Å². The van der Waals surface area contributed by atoms with Gasteiger partial charge in [-0.2, -0.15) is 0 Å². The normalized spacial score (nSPS) is 22.7. The molecule has 0 atom stereocenters. The van der Waals surface area contributed by atoms with E-state index < -0.39 is 0 Å². The summed E-state index contributed by atoms with van der Waals surface area (Å²) in [5, 5.41) is 7.02. The zero-order valence-corrected chi connectivity index (χ0v) is 15.6. The van der Waals surface area contributed by atoms with Crippen molar-refractivity contribution < 1.29 is 4.74 Å². The Balaban J connectivity index is 1.85. The van der Waals surface area contributed by atoms with E-state index in [4.69, 9.17) is 4.74 Å². The molecule has 0 aromatic carbocycles. The van der Waals surface area contributed by atoms with E-state index in [1.807, 2.05) is 7.05 Å². The van der Waals surface area contributed by atoms with Gasteiger partial charge in [0, 0.05) is 45.2 Å². The van der Waals surface area contributed by atoms with E-state index in [1.165, 1.54) is 38.6 Å². The molecule has 24 heavy (non-hydrogen) atoms. The molecule has 5 heteroatoms. The minimum absolute atomic E-state index is 0.385. The summed E-state index contributed by atoms with van der Waals surface area (Å²) in [5.41, 5.74) is 0.385. The maximum atomic E-state index is 5.51. The van der Waals surface area contributed by atoms with Gasteiger partial charge < -0.3 is 15.4 Å². The monoisotopic (exact) mass is 336 g/mol. The highest BCUT2D eigenvalue weighted by atomic mass is 16.5. The van der Waals surface area contributed by atoms with Gasteiger partial charge in [-0.3, -0.25) is 9.89 Å². The molecular weight excluding hydrogens is 300 g/mol. The van der Waals surface area contributed by atoms with Crippen molar-refractivity contribution in [1.29, 1.82) is 0 Å². The number of hydrogen-bond acceptors (Lipinski definition) is 3. The molecule has 1 aliphatic heterocycles. The lowest BCUT2D eigenvalue weighted by Gasteiger charge is -2.42. The predicted molar refractivity (Wildman–Crippen MR) is 102 cm³/mol. The van der Waals surface area contributed by atoms with E-state index in [2.05, 4.69) is 39.6 Å². The van der Waals surface area contributed by atoms with Crippen molar-refractivity contribution in [3.63, 3.8) is 0 Å². The fourth-order valence-electron chi connectivity index (χ4n) is 3.86. The Morgan fingerprint density at radius 2 is 1.92 bits per heavy atom. The second-order valence-electron chi connectivity index (χ2n) is 7.16. The van der Waals surface area contributed by atoms with E-state index >= 15 is 0 Å². The third kappa shape index (κ3) is 6.44. The first-order valence-electron chi connectivity index (χ1n) is 9.64. The second-order valence-corrected chi connectivity index (χ2v) is 7.16. The fourth-order valence-corrected chi connectivity index (χ4v) is 3.86. The first-order valence-corrected chi connectivity index (χ1v) is 9.64. The van der Waals surface area contributed by atoms with Crippen LogP contribution in [0.1, 0.15) is 45.4 Å². The third-order valence-electron chi connectivity index (χ3n) is 5.27. The zero-order chi connectivity index (χ0) is 17.1. The highest BCUT2D eigenvalue weighted by Gasteiger charge is 2.34. The lowest BCUT2D eigenvalue weighted by molar-refractivity contribution is 0.00820. The maximum Gasteiger partial charge on any atom is 0.191 e. The molecular formula is C19H36N4O. The molecule has 2 N–H and O–H groups in total. The van der Waals surface area contributed by atoms with E-state index in [-0.39, 0.29) is 0 Å². The van der Waals surface area contributed by atoms with Crippen LogP contribution in [0.15, 0.2) is 17.1 Å². The average molecular weight is 337 g/mol. The molecule has 1 heterocycles. The predicted octanol–water partition coefficient (Wildman–Crippen LogP) is 2.40. The minimum Gasteiger partial charge on any atom is -0.379 e. The lowest BCUT2D eigenvalue weighted by atomic mass is 9.73. The minimum atomic E-state index is 0.385. The van der Waals surface area contributed by atoms with Gasteiger partial charge in [-0.15, -0.1) is 0 Å². The molecule has 0 amide bonds. The lowest BCUT2D eigenvalue weighted by Crippen LogP contribution is -2.51. The highest BCUT2D eigenvalue weighted by Crippen LogP contribution is 2.36. The van der Waals surface area contributed by atoms with Crippen LogP contribution < -0.4 is 10.6 Å². The summed E-state index contributed by atoms with van der Waals surface area (Å²) in [6.45, 7) is 9.14. The van der Waals surface area contributed by atoms with Gasteiger partial charge in [-0.1, -0.05) is 31.4 Å². The van der Waals surface area contributed by atoms with Crippen LogP contribution in [0.4, 0.5) is 0 Å². The van der Waals surface area contributed by atoms with E-state index in [1.54, 1.807) is 0 Å². The first kappa shape index (κ1) is 19.3. The number of rotatable bonds is 7. The van der Waals surface area contributed by atoms with E-state index in [0.717, 1.165) is 51.8 Å². The van der Waals surface area contributed by atoms with Crippen LogP contribution in [0, 0.1) is 5.41 Å². The smallest absolute Gasteiger partial charge is 0.191 e. The standard InChI is InChI=1S/C19H36N4O/c1-3-4-8-11-21-18(20-2)22-16-19(9-6-5-7-10-19)17-23-12-14-24-15-13-23/h3-4H,5-17H2,1-2H3,(H2,20,21,22)/b4-3+. The molecule has 1 saturated heterocycles. The first-order chi connectivity index (χ1) is 11.8. The van der Waals surface area contributed by atoms with Gasteiger partial charge in [0.05, 0.1) is 13.2 Å². The van der Waals surface area contributed by atoms with Crippen molar-refractivity contribution in [2.45, 2.75) is 45.4 Å². The number of guanidine groups is 1. The molecule has 0 aromatic heterocycles. The summed E-state index contributed by atoms with van der Waals surface area (Å²) in [4.78, 5) is 6.98. The van der Waals surface area contributed by atoms with Gasteiger partial charge in [0.2, 0.25) is 0 Å². The highest BCUT2D eigenvalue weighted by molar-refractivity contribution is 5.79. The van der Waals surface area contributed by atoms with Gasteiger partial charge >= 0.3 is 0 Å². The largest absolute Gasteiger partial charge is 0.379 e. The maximum absolute atomic E-state index is 5.51. The molecule has 1 saturated carbocycles. The SMILES string of the molecule is C/C=C/CCNC(=NC)NCC1(CN2CCOCC2)CCCCC1. The molecule has 2 aliphatic rings. The van der Waals surface area contributed by atoms with Crippen LogP contribution in [0.25, 0.3) is 0 Å². The van der Waals surface area contributed by atoms with Crippen LogP contribution in [0.5, 0.6) is 0 Å². The van der Waals surface area contributed by atoms with Gasteiger partial charge in [0.25, 0.3) is 0 Å².